The Balaban J connectivity index is 1.88. The second-order valence-corrected chi connectivity index (χ2v) is 19.8. The number of carbonyl (C=O) groups is 4. The van der Waals surface area contributed by atoms with Crippen molar-refractivity contribution in [3.05, 3.63) is 47.0 Å². The first-order valence-corrected chi connectivity index (χ1v) is 20.0. The Morgan fingerprint density at radius 2 is 1.59 bits per heavy atom. The van der Waals surface area contributed by atoms with Crippen molar-refractivity contribution in [3.63, 3.8) is 0 Å². The number of fused-ring (bicyclic) bond motifs is 5. The number of ketones is 1. The molecule has 0 radical (unpaired) electrons. The third-order valence-corrected chi connectivity index (χ3v) is 17.2. The lowest BCUT2D eigenvalue weighted by molar-refractivity contribution is -0.344. The molecule has 2 saturated carbocycles. The van der Waals surface area contributed by atoms with Gasteiger partial charge in [0, 0.05) is 32.1 Å². The van der Waals surface area contributed by atoms with Gasteiger partial charge in [-0.25, -0.2) is 4.79 Å². The van der Waals surface area contributed by atoms with E-state index in [1.807, 2.05) is 0 Å². The first-order valence-electron chi connectivity index (χ1n) is 17.5. The molecule has 2 bridgehead atoms. The molecule has 11 nitrogen and oxygen atoms in total. The zero-order valence-corrected chi connectivity index (χ0v) is 31.2. The van der Waals surface area contributed by atoms with Gasteiger partial charge in [0.15, 0.2) is 25.8 Å². The van der Waals surface area contributed by atoms with Gasteiger partial charge in [-0.15, -0.1) is 0 Å². The summed E-state index contributed by atoms with van der Waals surface area (Å²) in [6, 6.07) is 10.6. The fourth-order valence-corrected chi connectivity index (χ4v) is 12.3. The number of esters is 3. The van der Waals surface area contributed by atoms with Crippen LogP contribution >= 0.6 is 0 Å². The van der Waals surface area contributed by atoms with Crippen molar-refractivity contribution >= 4 is 32.0 Å². The molecule has 1 heterocycles. The maximum Gasteiger partial charge on any atom is 0.338 e. The van der Waals surface area contributed by atoms with Crippen molar-refractivity contribution in [3.8, 4) is 0 Å². The average molecular weight is 701 g/mol. The van der Waals surface area contributed by atoms with Gasteiger partial charge in [0.25, 0.3) is 0 Å². The smallest absolute Gasteiger partial charge is 0.338 e. The standard InChI is InChI=1S/C37H52O11Si/c1-10-49(11-2,12-3)48-26-18-27-36(20-44-27,47-23(6)39)30-32(46-33(42)24-16-14-13-15-17-24)37(43)19-25(40)21(4)28(34(37,7)8)29(45-22(5)38)31(41)35(26,30)9/h13-17,25-27,29-30,32,40,43H,10-12,18-20H2,1-9H3/t25-,26-,27+,29+,30+,32-,35+,36-,37+/m0/s1. The Morgan fingerprint density at radius 1 is 0.980 bits per heavy atom. The zero-order valence-electron chi connectivity index (χ0n) is 30.2. The molecule has 12 heteroatoms. The Hall–Kier alpha value is -2.90. The summed E-state index contributed by atoms with van der Waals surface area (Å²) >= 11 is 0. The summed E-state index contributed by atoms with van der Waals surface area (Å²) in [5, 5.41) is 24.8. The number of hydrogen-bond donors (Lipinski definition) is 2. The number of ether oxygens (including phenoxy) is 4. The lowest BCUT2D eigenvalue weighted by Gasteiger charge is -2.68. The average Bonchev–Trinajstić information content (AvgIpc) is 3.04. The van der Waals surface area contributed by atoms with E-state index in [2.05, 4.69) is 20.8 Å². The molecule has 0 amide bonds. The van der Waals surface area contributed by atoms with Gasteiger partial charge in [-0.05, 0) is 55.3 Å². The molecule has 2 N–H and O–H groups in total. The van der Waals surface area contributed by atoms with Crippen LogP contribution in [0.25, 0.3) is 0 Å². The molecule has 5 rings (SSSR count). The summed E-state index contributed by atoms with van der Waals surface area (Å²) in [4.78, 5) is 55.5. The van der Waals surface area contributed by atoms with E-state index in [1.165, 1.54) is 13.8 Å². The van der Waals surface area contributed by atoms with Crippen LogP contribution in [0, 0.1) is 16.7 Å². The van der Waals surface area contributed by atoms with Gasteiger partial charge in [-0.1, -0.05) is 52.8 Å². The highest BCUT2D eigenvalue weighted by atomic mass is 28.4. The van der Waals surface area contributed by atoms with Gasteiger partial charge in [-0.2, -0.15) is 0 Å². The molecular weight excluding hydrogens is 648 g/mol. The van der Waals surface area contributed by atoms with Crippen LogP contribution in [0.4, 0.5) is 0 Å². The van der Waals surface area contributed by atoms with E-state index in [4.69, 9.17) is 23.4 Å². The number of benzene rings is 1. The minimum absolute atomic E-state index is 0.131. The minimum Gasteiger partial charge on any atom is -0.455 e. The highest BCUT2D eigenvalue weighted by Gasteiger charge is 2.78. The zero-order chi connectivity index (χ0) is 36.3. The van der Waals surface area contributed by atoms with Gasteiger partial charge >= 0.3 is 17.9 Å². The summed E-state index contributed by atoms with van der Waals surface area (Å²) in [5.74, 6) is -3.91. The highest BCUT2D eigenvalue weighted by molar-refractivity contribution is 6.73. The van der Waals surface area contributed by atoms with Crippen LogP contribution in [0.15, 0.2) is 41.5 Å². The normalized spacial score (nSPS) is 36.7. The largest absolute Gasteiger partial charge is 0.455 e. The molecule has 4 aliphatic rings. The molecule has 270 valence electrons. The van der Waals surface area contributed by atoms with E-state index in [9.17, 15) is 24.6 Å². The monoisotopic (exact) mass is 700 g/mol. The fourth-order valence-electron chi connectivity index (χ4n) is 9.36. The Labute approximate surface area is 289 Å². The predicted octanol–water partition coefficient (Wildman–Crippen LogP) is 4.68. The Bertz CT molecular complexity index is 1510. The minimum atomic E-state index is -2.48. The van der Waals surface area contributed by atoms with Gasteiger partial charge in [0.1, 0.15) is 17.8 Å². The third-order valence-electron chi connectivity index (χ3n) is 12.5. The lowest BCUT2D eigenvalue weighted by Crippen LogP contribution is -2.82. The van der Waals surface area contributed by atoms with Gasteiger partial charge < -0.3 is 33.6 Å². The van der Waals surface area contributed by atoms with E-state index in [1.54, 1.807) is 58.0 Å². The second kappa shape index (κ2) is 13.0. The number of hydrogen-bond acceptors (Lipinski definition) is 11. The number of carbonyl (C=O) groups excluding carboxylic acids is 4. The SMILES string of the molecule is CC[Si](CC)(CC)O[C@H]1C[C@H]2OC[C@@]2(OC(C)=O)[C@@H]2[C@H](OC(=O)c3ccccc3)[C@]3(O)C[C@H](O)C(C)=C([C@@H](OC(C)=O)C(=O)[C@]12C)C3(C)C. The van der Waals surface area contributed by atoms with Crippen molar-refractivity contribution in [1.29, 1.82) is 0 Å². The van der Waals surface area contributed by atoms with Gasteiger partial charge in [-0.3, -0.25) is 14.4 Å². The number of rotatable bonds is 9. The second-order valence-electron chi connectivity index (χ2n) is 15.1. The maximum absolute atomic E-state index is 15.6. The van der Waals surface area contributed by atoms with E-state index >= 15 is 4.79 Å². The summed E-state index contributed by atoms with van der Waals surface area (Å²) in [7, 11) is -2.48. The number of aliphatic hydroxyl groups is 2. The van der Waals surface area contributed by atoms with E-state index in [0.29, 0.717) is 5.57 Å². The van der Waals surface area contributed by atoms with Crippen molar-refractivity contribution < 1.29 is 52.8 Å². The molecular formula is C37H52O11Si. The number of Topliss-reactive ketones (excluding diaryl/α,β-unsaturated/α-hetero) is 1. The summed E-state index contributed by atoms with van der Waals surface area (Å²) < 4.78 is 31.9. The number of aliphatic hydroxyl groups excluding tert-OH is 1. The fraction of sp³-hybridized carbons (Fsp3) is 0.676. The Kier molecular flexibility index (Phi) is 9.92. The van der Waals surface area contributed by atoms with Crippen LogP contribution in [-0.2, 0) is 37.8 Å². The van der Waals surface area contributed by atoms with Crippen molar-refractivity contribution in [2.45, 2.75) is 135 Å². The van der Waals surface area contributed by atoms with Crippen molar-refractivity contribution in [2.24, 2.45) is 16.7 Å². The topological polar surface area (TPSA) is 155 Å². The highest BCUT2D eigenvalue weighted by Crippen LogP contribution is 2.65. The Morgan fingerprint density at radius 3 is 2.10 bits per heavy atom. The molecule has 1 aromatic carbocycles. The summed E-state index contributed by atoms with van der Waals surface area (Å²) in [6.07, 6.45) is -6.04. The van der Waals surface area contributed by atoms with Crippen molar-refractivity contribution in [2.75, 3.05) is 6.61 Å². The third kappa shape index (κ3) is 5.62. The molecule has 1 saturated heterocycles. The molecule has 3 fully saturated rings. The molecule has 49 heavy (non-hydrogen) atoms. The summed E-state index contributed by atoms with van der Waals surface area (Å²) in [6.45, 7) is 15.3. The molecule has 1 aliphatic heterocycles. The molecule has 0 spiro atoms. The first-order chi connectivity index (χ1) is 22.9. The molecule has 1 aromatic rings. The van der Waals surface area contributed by atoms with Crippen LogP contribution < -0.4 is 0 Å². The van der Waals surface area contributed by atoms with Crippen LogP contribution in [0.1, 0.15) is 85.5 Å². The molecule has 9 atom stereocenters. The van der Waals surface area contributed by atoms with E-state index < -0.39 is 90.5 Å². The quantitative estimate of drug-likeness (QED) is 0.160. The van der Waals surface area contributed by atoms with Crippen LogP contribution in [0.5, 0.6) is 0 Å². The molecule has 0 aromatic heterocycles. The van der Waals surface area contributed by atoms with Crippen LogP contribution in [0.2, 0.25) is 18.1 Å². The summed E-state index contributed by atoms with van der Waals surface area (Å²) in [5.41, 5.74) is -5.83. The predicted molar refractivity (Wildman–Crippen MR) is 181 cm³/mol. The van der Waals surface area contributed by atoms with Gasteiger partial charge in [0.2, 0.25) is 0 Å². The maximum atomic E-state index is 15.6. The van der Waals surface area contributed by atoms with E-state index in [0.717, 1.165) is 18.1 Å². The van der Waals surface area contributed by atoms with E-state index in [-0.39, 0.29) is 30.6 Å². The first kappa shape index (κ1) is 37.4. The lowest BCUT2D eigenvalue weighted by atomic mass is 9.44. The van der Waals surface area contributed by atoms with Crippen LogP contribution in [-0.4, -0.2) is 90.6 Å². The van der Waals surface area contributed by atoms with Gasteiger partial charge in [0.05, 0.1) is 35.7 Å². The molecule has 0 unspecified atom stereocenters. The van der Waals surface area contributed by atoms with Crippen molar-refractivity contribution in [1.82, 2.24) is 0 Å². The van der Waals surface area contributed by atoms with Crippen LogP contribution in [0.3, 0.4) is 0 Å². The molecule has 3 aliphatic carbocycles.